The van der Waals surface area contributed by atoms with Crippen LogP contribution in [-0.4, -0.2) is 24.7 Å². The van der Waals surface area contributed by atoms with Crippen LogP contribution in [0, 0.1) is 33.5 Å². The zero-order valence-corrected chi connectivity index (χ0v) is 23.2. The molecule has 0 unspecified atom stereocenters. The summed E-state index contributed by atoms with van der Waals surface area (Å²) in [5.74, 6) is -0.370. The SMILES string of the molecule is Cc1nn(Cc2ccc(Cl)c(Cl)c2)c(C)c1NC(=S)Nc1c(C)nn(Cc2c(F)cccc2Cl)c1C. The Balaban J connectivity index is 1.50. The molecule has 0 bridgehead atoms. The average Bonchev–Trinajstić information content (AvgIpc) is 3.23. The first kappa shape index (κ1) is 26.4. The topological polar surface area (TPSA) is 59.7 Å². The molecule has 0 radical (unpaired) electrons. The summed E-state index contributed by atoms with van der Waals surface area (Å²) in [6, 6.07) is 10.1. The van der Waals surface area contributed by atoms with Gasteiger partial charge in [-0.1, -0.05) is 46.9 Å². The Kier molecular flexibility index (Phi) is 7.90. The maximum Gasteiger partial charge on any atom is 0.175 e. The van der Waals surface area contributed by atoms with Crippen molar-refractivity contribution in [2.24, 2.45) is 0 Å². The van der Waals surface area contributed by atoms with E-state index in [2.05, 4.69) is 20.8 Å². The molecule has 0 aliphatic heterocycles. The molecule has 36 heavy (non-hydrogen) atoms. The van der Waals surface area contributed by atoms with Gasteiger partial charge in [0.2, 0.25) is 0 Å². The first-order valence-corrected chi connectivity index (χ1v) is 12.6. The Morgan fingerprint density at radius 2 is 1.42 bits per heavy atom. The first-order valence-electron chi connectivity index (χ1n) is 11.1. The summed E-state index contributed by atoms with van der Waals surface area (Å²) in [5.41, 5.74) is 6.18. The van der Waals surface area contributed by atoms with Crippen LogP contribution in [0.5, 0.6) is 0 Å². The van der Waals surface area contributed by atoms with Crippen molar-refractivity contribution in [3.63, 3.8) is 0 Å². The van der Waals surface area contributed by atoms with Gasteiger partial charge in [-0.3, -0.25) is 9.36 Å². The Labute approximate surface area is 229 Å². The van der Waals surface area contributed by atoms with Gasteiger partial charge in [0.05, 0.1) is 57.3 Å². The lowest BCUT2D eigenvalue weighted by Gasteiger charge is -2.12. The monoisotopic (exact) mass is 564 g/mol. The molecule has 0 saturated heterocycles. The molecule has 2 heterocycles. The third kappa shape index (κ3) is 5.52. The molecule has 0 spiro atoms. The molecule has 4 aromatic rings. The van der Waals surface area contributed by atoms with Gasteiger partial charge < -0.3 is 10.6 Å². The van der Waals surface area contributed by atoms with Gasteiger partial charge in [-0.2, -0.15) is 10.2 Å². The lowest BCUT2D eigenvalue weighted by molar-refractivity contribution is 0.579. The highest BCUT2D eigenvalue weighted by Crippen LogP contribution is 2.27. The van der Waals surface area contributed by atoms with Crippen molar-refractivity contribution in [1.29, 1.82) is 0 Å². The predicted octanol–water partition coefficient (Wildman–Crippen LogP) is 7.32. The molecule has 0 aliphatic carbocycles. The second-order valence-corrected chi connectivity index (χ2v) is 10.1. The predicted molar refractivity (Wildman–Crippen MR) is 149 cm³/mol. The number of aryl methyl sites for hydroxylation is 2. The summed E-state index contributed by atoms with van der Waals surface area (Å²) in [4.78, 5) is 0. The molecule has 2 aromatic carbocycles. The summed E-state index contributed by atoms with van der Waals surface area (Å²) in [6.07, 6.45) is 0. The van der Waals surface area contributed by atoms with Gasteiger partial charge in [0.15, 0.2) is 5.11 Å². The van der Waals surface area contributed by atoms with Gasteiger partial charge in [0.25, 0.3) is 0 Å². The number of anilines is 2. The molecule has 0 atom stereocenters. The molecule has 2 aromatic heterocycles. The van der Waals surface area contributed by atoms with Gasteiger partial charge in [0, 0.05) is 10.6 Å². The van der Waals surface area contributed by atoms with E-state index in [0.717, 1.165) is 39.7 Å². The Hall–Kier alpha value is -2.65. The van der Waals surface area contributed by atoms with E-state index in [1.54, 1.807) is 22.9 Å². The third-order valence-electron chi connectivity index (χ3n) is 5.93. The van der Waals surface area contributed by atoms with E-state index in [-0.39, 0.29) is 12.4 Å². The summed E-state index contributed by atoms with van der Waals surface area (Å²) >= 11 is 24.0. The number of rotatable bonds is 6. The molecule has 0 saturated carbocycles. The van der Waals surface area contributed by atoms with Crippen molar-refractivity contribution in [3.05, 3.63) is 91.2 Å². The fourth-order valence-electron chi connectivity index (χ4n) is 3.97. The van der Waals surface area contributed by atoms with Crippen molar-refractivity contribution in [2.75, 3.05) is 10.6 Å². The van der Waals surface area contributed by atoms with E-state index in [0.29, 0.717) is 32.3 Å². The van der Waals surface area contributed by atoms with E-state index in [9.17, 15) is 4.39 Å². The molecule has 0 fully saturated rings. The number of thiocarbonyl (C=S) groups is 1. The third-order valence-corrected chi connectivity index (χ3v) is 7.22. The minimum Gasteiger partial charge on any atom is -0.329 e. The van der Waals surface area contributed by atoms with Gasteiger partial charge in [0.1, 0.15) is 5.82 Å². The molecular weight excluding hydrogens is 542 g/mol. The summed E-state index contributed by atoms with van der Waals surface area (Å²) in [5, 5.41) is 17.5. The van der Waals surface area contributed by atoms with E-state index in [4.69, 9.17) is 47.0 Å². The summed E-state index contributed by atoms with van der Waals surface area (Å²) < 4.78 is 17.9. The van der Waals surface area contributed by atoms with Crippen molar-refractivity contribution < 1.29 is 4.39 Å². The van der Waals surface area contributed by atoms with Crippen LogP contribution < -0.4 is 10.6 Å². The quantitative estimate of drug-likeness (QED) is 0.240. The average molecular weight is 566 g/mol. The number of hydrogen-bond donors (Lipinski definition) is 2. The Bertz CT molecular complexity index is 1440. The zero-order chi connectivity index (χ0) is 26.1. The van der Waals surface area contributed by atoms with Crippen LogP contribution in [0.1, 0.15) is 33.9 Å². The lowest BCUT2D eigenvalue weighted by atomic mass is 10.2. The highest BCUT2D eigenvalue weighted by molar-refractivity contribution is 7.80. The van der Waals surface area contributed by atoms with Gasteiger partial charge in [-0.15, -0.1) is 0 Å². The van der Waals surface area contributed by atoms with Crippen LogP contribution in [0.15, 0.2) is 36.4 Å². The Morgan fingerprint density at radius 1 is 0.833 bits per heavy atom. The van der Waals surface area contributed by atoms with Crippen molar-refractivity contribution in [1.82, 2.24) is 19.6 Å². The minimum atomic E-state index is -0.370. The highest BCUT2D eigenvalue weighted by atomic mass is 35.5. The fourth-order valence-corrected chi connectivity index (χ4v) is 4.71. The van der Waals surface area contributed by atoms with Crippen LogP contribution in [0.2, 0.25) is 15.1 Å². The molecular formula is C25H24Cl3FN6S. The van der Waals surface area contributed by atoms with E-state index < -0.39 is 0 Å². The van der Waals surface area contributed by atoms with Crippen LogP contribution in [0.4, 0.5) is 15.8 Å². The zero-order valence-electron chi connectivity index (χ0n) is 20.1. The number of nitrogens with one attached hydrogen (secondary N) is 2. The number of aromatic nitrogens is 4. The van der Waals surface area contributed by atoms with Crippen LogP contribution in [0.3, 0.4) is 0 Å². The van der Waals surface area contributed by atoms with E-state index in [1.165, 1.54) is 6.07 Å². The molecule has 11 heteroatoms. The molecule has 188 valence electrons. The van der Waals surface area contributed by atoms with Gasteiger partial charge in [-0.25, -0.2) is 4.39 Å². The number of halogens is 4. The molecule has 2 N–H and O–H groups in total. The normalized spacial score (nSPS) is 11.1. The Morgan fingerprint density at radius 3 is 1.97 bits per heavy atom. The largest absolute Gasteiger partial charge is 0.329 e. The number of benzene rings is 2. The lowest BCUT2D eigenvalue weighted by Crippen LogP contribution is -2.21. The van der Waals surface area contributed by atoms with Crippen LogP contribution in [-0.2, 0) is 13.1 Å². The minimum absolute atomic E-state index is 0.208. The maximum absolute atomic E-state index is 14.3. The van der Waals surface area contributed by atoms with Crippen LogP contribution in [0.25, 0.3) is 0 Å². The first-order chi connectivity index (χ1) is 17.0. The van der Waals surface area contributed by atoms with E-state index >= 15 is 0 Å². The van der Waals surface area contributed by atoms with Gasteiger partial charge in [-0.05, 0) is 69.7 Å². The maximum atomic E-state index is 14.3. The number of hydrogen-bond acceptors (Lipinski definition) is 3. The molecule has 0 aliphatic rings. The summed E-state index contributed by atoms with van der Waals surface area (Å²) in [6.45, 7) is 8.38. The van der Waals surface area contributed by atoms with Crippen molar-refractivity contribution in [3.8, 4) is 0 Å². The fraction of sp³-hybridized carbons (Fsp3) is 0.240. The molecule has 4 rings (SSSR count). The summed E-state index contributed by atoms with van der Waals surface area (Å²) in [7, 11) is 0. The highest BCUT2D eigenvalue weighted by Gasteiger charge is 2.18. The molecule has 0 amide bonds. The van der Waals surface area contributed by atoms with Crippen molar-refractivity contribution >= 4 is 63.5 Å². The second kappa shape index (κ2) is 10.8. The second-order valence-electron chi connectivity index (χ2n) is 8.43. The van der Waals surface area contributed by atoms with Gasteiger partial charge >= 0.3 is 0 Å². The molecule has 6 nitrogen and oxygen atoms in total. The number of nitrogens with zero attached hydrogens (tertiary/aromatic N) is 4. The van der Waals surface area contributed by atoms with Crippen molar-refractivity contribution in [2.45, 2.75) is 40.8 Å². The smallest absolute Gasteiger partial charge is 0.175 e. The van der Waals surface area contributed by atoms with E-state index in [1.807, 2.05) is 44.5 Å². The van der Waals surface area contributed by atoms with Crippen LogP contribution >= 0.6 is 47.0 Å². The standard InChI is InChI=1S/C25H24Cl3FN6S/c1-13-23(15(3)34(32-13)11-17-8-9-20(27)21(28)10-17)30-25(36)31-24-14(2)33-35(16(24)4)12-18-19(26)6-5-7-22(18)29/h5-10H,11-12H2,1-4H3,(H2,30,31,36).